The lowest BCUT2D eigenvalue weighted by Crippen LogP contribution is -2.02. The largest absolute Gasteiger partial charge is 0.392 e. The van der Waals surface area contributed by atoms with E-state index in [0.717, 1.165) is 18.6 Å². The Morgan fingerprint density at radius 3 is 1.42 bits per heavy atom. The van der Waals surface area contributed by atoms with Gasteiger partial charge in [0.15, 0.2) is 0 Å². The first-order valence-electron chi connectivity index (χ1n) is 10.7. The Morgan fingerprint density at radius 2 is 1.04 bits per heavy atom. The van der Waals surface area contributed by atoms with Gasteiger partial charge in [-0.1, -0.05) is 110 Å². The van der Waals surface area contributed by atoms with E-state index in [9.17, 15) is 0 Å². The average molecular weight is 341 g/mol. The average Bonchev–Trinajstić information content (AvgIpc) is 2.60. The Bertz CT molecular complexity index is 250. The summed E-state index contributed by atoms with van der Waals surface area (Å²) < 4.78 is 5.45. The molecule has 0 bridgehead atoms. The summed E-state index contributed by atoms with van der Waals surface area (Å²) in [5.74, 6) is 0. The van der Waals surface area contributed by atoms with Crippen molar-refractivity contribution in [2.75, 3.05) is 19.8 Å². The number of unbranched alkanes of at least 4 members (excludes halogenated alkanes) is 15. The van der Waals surface area contributed by atoms with Crippen molar-refractivity contribution in [2.24, 2.45) is 0 Å². The first-order chi connectivity index (χ1) is 11.8. The van der Waals surface area contributed by atoms with Crippen molar-refractivity contribution in [1.29, 1.82) is 0 Å². The molecule has 0 saturated heterocycles. The van der Waals surface area contributed by atoms with Crippen LogP contribution in [-0.4, -0.2) is 24.9 Å². The van der Waals surface area contributed by atoms with Gasteiger partial charge in [-0.15, -0.1) is 0 Å². The maximum atomic E-state index is 8.80. The van der Waals surface area contributed by atoms with Crippen LogP contribution in [0.25, 0.3) is 0 Å². The van der Waals surface area contributed by atoms with Gasteiger partial charge in [0.25, 0.3) is 0 Å². The molecule has 2 nitrogen and oxygen atoms in total. The molecule has 0 amide bonds. The van der Waals surface area contributed by atoms with Gasteiger partial charge in [0, 0.05) is 6.61 Å². The van der Waals surface area contributed by atoms with Crippen LogP contribution in [0.2, 0.25) is 0 Å². The summed E-state index contributed by atoms with van der Waals surface area (Å²) in [6.07, 6.45) is 22.3. The van der Waals surface area contributed by atoms with Gasteiger partial charge in [0.05, 0.1) is 13.2 Å². The van der Waals surface area contributed by atoms with E-state index in [1.807, 2.05) is 0 Å². The summed E-state index contributed by atoms with van der Waals surface area (Å²) in [6.45, 7) is 7.35. The fourth-order valence-electron chi connectivity index (χ4n) is 3.01. The molecule has 0 aliphatic heterocycles. The molecule has 0 rings (SSSR count). The number of hydrogen-bond acceptors (Lipinski definition) is 2. The van der Waals surface area contributed by atoms with E-state index in [-0.39, 0.29) is 6.61 Å². The first kappa shape index (κ1) is 23.7. The maximum absolute atomic E-state index is 8.80. The van der Waals surface area contributed by atoms with Gasteiger partial charge < -0.3 is 9.84 Å². The molecule has 0 aromatic heterocycles. The lowest BCUT2D eigenvalue weighted by atomic mass is 10.0. The molecular formula is C22H44O2. The van der Waals surface area contributed by atoms with Crippen LogP contribution in [0.4, 0.5) is 0 Å². The number of hydrogen-bond donors (Lipinski definition) is 1. The highest BCUT2D eigenvalue weighted by molar-refractivity contribution is 4.93. The van der Waals surface area contributed by atoms with Gasteiger partial charge >= 0.3 is 0 Å². The number of rotatable bonds is 20. The van der Waals surface area contributed by atoms with E-state index in [0.29, 0.717) is 6.61 Å². The second-order valence-electron chi connectivity index (χ2n) is 7.26. The van der Waals surface area contributed by atoms with Crippen molar-refractivity contribution < 1.29 is 9.84 Å². The van der Waals surface area contributed by atoms with E-state index < -0.39 is 0 Å². The molecule has 1 N–H and O–H groups in total. The third-order valence-electron chi connectivity index (χ3n) is 4.67. The van der Waals surface area contributed by atoms with E-state index in [1.54, 1.807) is 0 Å². The van der Waals surface area contributed by atoms with E-state index in [4.69, 9.17) is 9.84 Å². The lowest BCUT2D eigenvalue weighted by molar-refractivity contribution is 0.142. The van der Waals surface area contributed by atoms with Gasteiger partial charge in [-0.2, -0.15) is 0 Å². The molecule has 0 heterocycles. The van der Waals surface area contributed by atoms with Gasteiger partial charge in [-0.05, 0) is 12.0 Å². The van der Waals surface area contributed by atoms with Crippen LogP contribution in [0.3, 0.4) is 0 Å². The summed E-state index contributed by atoms with van der Waals surface area (Å²) in [4.78, 5) is 0. The fourth-order valence-corrected chi connectivity index (χ4v) is 3.01. The number of aliphatic hydroxyl groups is 1. The predicted molar refractivity (Wildman–Crippen MR) is 107 cm³/mol. The summed E-state index contributed by atoms with van der Waals surface area (Å²) in [7, 11) is 0. The maximum Gasteiger partial charge on any atom is 0.0696 e. The third-order valence-corrected chi connectivity index (χ3v) is 4.67. The smallest absolute Gasteiger partial charge is 0.0696 e. The molecule has 0 aliphatic carbocycles. The van der Waals surface area contributed by atoms with Crippen molar-refractivity contribution >= 4 is 0 Å². The summed E-state index contributed by atoms with van der Waals surface area (Å²) in [5.41, 5.74) is 0.770. The molecule has 2 heteroatoms. The molecule has 0 saturated carbocycles. The number of aliphatic hydroxyl groups excluding tert-OH is 1. The Kier molecular flexibility index (Phi) is 20.4. The molecular weight excluding hydrogens is 296 g/mol. The highest BCUT2D eigenvalue weighted by Crippen LogP contribution is 2.13. The van der Waals surface area contributed by atoms with Gasteiger partial charge in [0.1, 0.15) is 0 Å². The zero-order valence-corrected chi connectivity index (χ0v) is 16.5. The Morgan fingerprint density at radius 1 is 0.667 bits per heavy atom. The molecule has 0 spiro atoms. The van der Waals surface area contributed by atoms with Crippen LogP contribution in [0, 0.1) is 0 Å². The second-order valence-corrected chi connectivity index (χ2v) is 7.26. The van der Waals surface area contributed by atoms with E-state index in [1.165, 1.54) is 96.3 Å². The first-order valence-corrected chi connectivity index (χ1v) is 10.7. The minimum absolute atomic E-state index is 0.0406. The zero-order chi connectivity index (χ0) is 17.7. The van der Waals surface area contributed by atoms with Crippen LogP contribution in [0.15, 0.2) is 12.2 Å². The zero-order valence-electron chi connectivity index (χ0n) is 16.5. The van der Waals surface area contributed by atoms with Crippen LogP contribution in [-0.2, 0) is 4.74 Å². The second kappa shape index (κ2) is 20.7. The minimum atomic E-state index is 0.0406. The van der Waals surface area contributed by atoms with Gasteiger partial charge in [-0.25, -0.2) is 0 Å². The Balaban J connectivity index is 2.99. The molecule has 0 atom stereocenters. The minimum Gasteiger partial charge on any atom is -0.392 e. The van der Waals surface area contributed by atoms with Crippen LogP contribution >= 0.6 is 0 Å². The fraction of sp³-hybridized carbons (Fsp3) is 0.909. The van der Waals surface area contributed by atoms with Crippen molar-refractivity contribution in [3.63, 3.8) is 0 Å². The monoisotopic (exact) mass is 340 g/mol. The molecule has 0 aliphatic rings. The molecule has 0 unspecified atom stereocenters. The topological polar surface area (TPSA) is 29.5 Å². The number of ether oxygens (including phenoxy) is 1. The van der Waals surface area contributed by atoms with E-state index in [2.05, 4.69) is 13.5 Å². The summed E-state index contributed by atoms with van der Waals surface area (Å²) in [5, 5.41) is 8.80. The summed E-state index contributed by atoms with van der Waals surface area (Å²) >= 11 is 0. The quantitative estimate of drug-likeness (QED) is 0.195. The van der Waals surface area contributed by atoms with Crippen LogP contribution < -0.4 is 0 Å². The predicted octanol–water partition coefficient (Wildman–Crippen LogP) is 6.81. The molecule has 0 fully saturated rings. The molecule has 144 valence electrons. The third kappa shape index (κ3) is 19.7. The van der Waals surface area contributed by atoms with Crippen molar-refractivity contribution in [2.45, 2.75) is 110 Å². The Hall–Kier alpha value is -0.340. The molecule has 0 radical (unpaired) electrons. The van der Waals surface area contributed by atoms with Gasteiger partial charge in [0.2, 0.25) is 0 Å². The molecule has 24 heavy (non-hydrogen) atoms. The standard InChI is InChI=1S/C22H44O2/c1-3-4-5-6-7-8-9-10-11-12-13-14-15-16-17-18-19-24-21-22(2)20-23/h23H,2-21H2,1H3. The van der Waals surface area contributed by atoms with Crippen molar-refractivity contribution in [1.82, 2.24) is 0 Å². The van der Waals surface area contributed by atoms with Crippen molar-refractivity contribution in [3.8, 4) is 0 Å². The van der Waals surface area contributed by atoms with Crippen LogP contribution in [0.1, 0.15) is 110 Å². The highest BCUT2D eigenvalue weighted by atomic mass is 16.5. The van der Waals surface area contributed by atoms with E-state index >= 15 is 0 Å². The highest BCUT2D eigenvalue weighted by Gasteiger charge is 1.95. The molecule has 0 aromatic rings. The Labute approximate surface area is 152 Å². The molecule has 0 aromatic carbocycles. The normalized spacial score (nSPS) is 11.1. The van der Waals surface area contributed by atoms with Gasteiger partial charge in [-0.3, -0.25) is 0 Å². The SMILES string of the molecule is C=C(CO)COCCCCCCCCCCCCCCCCCC. The lowest BCUT2D eigenvalue weighted by Gasteiger charge is -2.05. The van der Waals surface area contributed by atoms with Crippen molar-refractivity contribution in [3.05, 3.63) is 12.2 Å². The van der Waals surface area contributed by atoms with Crippen LogP contribution in [0.5, 0.6) is 0 Å². The summed E-state index contributed by atoms with van der Waals surface area (Å²) in [6, 6.07) is 0.